The Bertz CT molecular complexity index is 801. The standard InChI is InChI=1S/C19H21N3O4/c1-25-14-7-3-12(4-8-14)10-20-16-9-17(22-18(23)13-5-6-13)21-11-15(16)19(24)26-2/h3-4,7-9,11,13H,5-6,10H2,1-2H3,(H2,20,21,22,23). The maximum Gasteiger partial charge on any atom is 0.341 e. The maximum atomic E-state index is 12.0. The Hall–Kier alpha value is -3.09. The Morgan fingerprint density at radius 3 is 2.54 bits per heavy atom. The number of carbonyl (C=O) groups excluding carboxylic acids is 2. The lowest BCUT2D eigenvalue weighted by Crippen LogP contribution is -2.16. The maximum absolute atomic E-state index is 12.0. The van der Waals surface area contributed by atoms with Crippen molar-refractivity contribution in [2.45, 2.75) is 19.4 Å². The Morgan fingerprint density at radius 2 is 1.92 bits per heavy atom. The van der Waals surface area contributed by atoms with E-state index in [9.17, 15) is 9.59 Å². The van der Waals surface area contributed by atoms with E-state index in [1.165, 1.54) is 13.3 Å². The molecular weight excluding hydrogens is 334 g/mol. The van der Waals surface area contributed by atoms with Crippen molar-refractivity contribution in [1.82, 2.24) is 4.98 Å². The fourth-order valence-corrected chi connectivity index (χ4v) is 2.46. The second-order valence-electron chi connectivity index (χ2n) is 6.07. The van der Waals surface area contributed by atoms with Crippen molar-refractivity contribution in [3.05, 3.63) is 47.7 Å². The van der Waals surface area contributed by atoms with Gasteiger partial charge >= 0.3 is 5.97 Å². The monoisotopic (exact) mass is 355 g/mol. The van der Waals surface area contributed by atoms with Crippen molar-refractivity contribution in [3.63, 3.8) is 0 Å². The lowest BCUT2D eigenvalue weighted by molar-refractivity contribution is -0.117. The first-order valence-electron chi connectivity index (χ1n) is 8.36. The molecule has 1 aromatic heterocycles. The molecule has 1 heterocycles. The van der Waals surface area contributed by atoms with Crippen LogP contribution in [0.15, 0.2) is 36.5 Å². The summed E-state index contributed by atoms with van der Waals surface area (Å²) in [4.78, 5) is 28.0. The minimum Gasteiger partial charge on any atom is -0.497 e. The van der Waals surface area contributed by atoms with Gasteiger partial charge in [0.05, 0.1) is 19.9 Å². The number of nitrogens with one attached hydrogen (secondary N) is 2. The number of anilines is 2. The van der Waals surface area contributed by atoms with Crippen molar-refractivity contribution >= 4 is 23.4 Å². The number of rotatable bonds is 7. The van der Waals surface area contributed by atoms with E-state index in [2.05, 4.69) is 15.6 Å². The Kier molecular flexibility index (Phi) is 5.36. The van der Waals surface area contributed by atoms with Gasteiger partial charge in [-0.05, 0) is 30.5 Å². The fraction of sp³-hybridized carbons (Fsp3) is 0.316. The third-order valence-corrected chi connectivity index (χ3v) is 4.15. The lowest BCUT2D eigenvalue weighted by atomic mass is 10.2. The van der Waals surface area contributed by atoms with E-state index in [1.54, 1.807) is 13.2 Å². The van der Waals surface area contributed by atoms with E-state index in [-0.39, 0.29) is 11.8 Å². The molecule has 1 saturated carbocycles. The first-order chi connectivity index (χ1) is 12.6. The third-order valence-electron chi connectivity index (χ3n) is 4.15. The number of nitrogens with zero attached hydrogens (tertiary/aromatic N) is 1. The number of hydrogen-bond donors (Lipinski definition) is 2. The first kappa shape index (κ1) is 17.7. The highest BCUT2D eigenvalue weighted by atomic mass is 16.5. The molecule has 1 fully saturated rings. The van der Waals surface area contributed by atoms with Crippen molar-refractivity contribution < 1.29 is 19.1 Å². The third kappa shape index (κ3) is 4.30. The molecule has 1 amide bonds. The van der Waals surface area contributed by atoms with Gasteiger partial charge in [0.25, 0.3) is 0 Å². The Morgan fingerprint density at radius 1 is 1.19 bits per heavy atom. The van der Waals surface area contributed by atoms with Crippen LogP contribution < -0.4 is 15.4 Å². The van der Waals surface area contributed by atoms with Gasteiger partial charge in [-0.25, -0.2) is 9.78 Å². The highest BCUT2D eigenvalue weighted by Gasteiger charge is 2.30. The zero-order valence-corrected chi connectivity index (χ0v) is 14.7. The number of esters is 1. The number of hydrogen-bond acceptors (Lipinski definition) is 6. The van der Waals surface area contributed by atoms with Gasteiger partial charge in [0, 0.05) is 24.7 Å². The molecule has 0 atom stereocenters. The second-order valence-corrected chi connectivity index (χ2v) is 6.07. The molecule has 1 aliphatic rings. The van der Waals surface area contributed by atoms with Crippen LogP contribution in [0.1, 0.15) is 28.8 Å². The summed E-state index contributed by atoms with van der Waals surface area (Å²) in [7, 11) is 2.93. The molecule has 0 saturated heterocycles. The van der Waals surface area contributed by atoms with Crippen LogP contribution in [0.4, 0.5) is 11.5 Å². The van der Waals surface area contributed by atoms with Crippen molar-refractivity contribution in [3.8, 4) is 5.75 Å². The summed E-state index contributed by atoms with van der Waals surface area (Å²) >= 11 is 0. The van der Waals surface area contributed by atoms with E-state index in [4.69, 9.17) is 9.47 Å². The van der Waals surface area contributed by atoms with E-state index in [0.717, 1.165) is 24.2 Å². The van der Waals surface area contributed by atoms with Crippen molar-refractivity contribution in [1.29, 1.82) is 0 Å². The Balaban J connectivity index is 1.76. The van der Waals surface area contributed by atoms with Crippen LogP contribution in [0.25, 0.3) is 0 Å². The van der Waals surface area contributed by atoms with E-state index in [1.807, 2.05) is 24.3 Å². The van der Waals surface area contributed by atoms with E-state index in [0.29, 0.717) is 23.6 Å². The summed E-state index contributed by atoms with van der Waals surface area (Å²) in [5.41, 5.74) is 1.88. The predicted octanol–water partition coefficient (Wildman–Crippen LogP) is 2.84. The average Bonchev–Trinajstić information content (AvgIpc) is 3.51. The molecule has 3 rings (SSSR count). The summed E-state index contributed by atoms with van der Waals surface area (Å²) in [6, 6.07) is 9.25. The lowest BCUT2D eigenvalue weighted by Gasteiger charge is -2.13. The summed E-state index contributed by atoms with van der Waals surface area (Å²) in [6.45, 7) is 0.494. The largest absolute Gasteiger partial charge is 0.497 e. The van der Waals surface area contributed by atoms with Gasteiger partial charge in [-0.2, -0.15) is 0 Å². The molecule has 0 radical (unpaired) electrons. The van der Waals surface area contributed by atoms with Crippen LogP contribution in [0.2, 0.25) is 0 Å². The number of benzene rings is 1. The number of carbonyl (C=O) groups is 2. The molecule has 1 aromatic carbocycles. The van der Waals surface area contributed by atoms with Gasteiger partial charge in [0.2, 0.25) is 5.91 Å². The number of methoxy groups -OCH3 is 2. The molecule has 0 aliphatic heterocycles. The van der Waals surface area contributed by atoms with Crippen molar-refractivity contribution in [2.75, 3.05) is 24.9 Å². The molecule has 2 N–H and O–H groups in total. The molecule has 2 aromatic rings. The zero-order valence-electron chi connectivity index (χ0n) is 14.7. The molecule has 26 heavy (non-hydrogen) atoms. The number of amides is 1. The summed E-state index contributed by atoms with van der Waals surface area (Å²) in [5, 5.41) is 5.99. The minimum absolute atomic E-state index is 0.0376. The molecular formula is C19H21N3O4. The van der Waals surface area contributed by atoms with Gasteiger partial charge in [-0.3, -0.25) is 4.79 Å². The highest BCUT2D eigenvalue weighted by molar-refractivity contribution is 5.97. The van der Waals surface area contributed by atoms with Gasteiger partial charge < -0.3 is 20.1 Å². The zero-order chi connectivity index (χ0) is 18.5. The molecule has 0 bridgehead atoms. The van der Waals surface area contributed by atoms with Gasteiger partial charge in [0.15, 0.2) is 0 Å². The van der Waals surface area contributed by atoms with Crippen LogP contribution in [0, 0.1) is 5.92 Å². The van der Waals surface area contributed by atoms with E-state index < -0.39 is 5.97 Å². The van der Waals surface area contributed by atoms with Crippen LogP contribution in [-0.2, 0) is 16.1 Å². The molecule has 1 aliphatic carbocycles. The number of pyridine rings is 1. The topological polar surface area (TPSA) is 89.5 Å². The molecule has 0 spiro atoms. The van der Waals surface area contributed by atoms with Gasteiger partial charge in [0.1, 0.15) is 17.1 Å². The second kappa shape index (κ2) is 7.86. The first-order valence-corrected chi connectivity index (χ1v) is 8.36. The minimum atomic E-state index is -0.491. The quantitative estimate of drug-likeness (QED) is 0.743. The van der Waals surface area contributed by atoms with Gasteiger partial charge in [-0.15, -0.1) is 0 Å². The highest BCUT2D eigenvalue weighted by Crippen LogP contribution is 2.30. The van der Waals surface area contributed by atoms with Crippen LogP contribution in [0.5, 0.6) is 5.75 Å². The predicted molar refractivity (Wildman–Crippen MR) is 97.3 cm³/mol. The molecule has 136 valence electrons. The van der Waals surface area contributed by atoms with E-state index >= 15 is 0 Å². The average molecular weight is 355 g/mol. The smallest absolute Gasteiger partial charge is 0.341 e. The SMILES string of the molecule is COC(=O)c1cnc(NC(=O)C2CC2)cc1NCc1ccc(OC)cc1. The fourth-order valence-electron chi connectivity index (χ4n) is 2.46. The number of aromatic nitrogens is 1. The molecule has 7 nitrogen and oxygen atoms in total. The summed E-state index contributed by atoms with van der Waals surface area (Å²) in [5.74, 6) is 0.733. The van der Waals surface area contributed by atoms with Crippen LogP contribution >= 0.6 is 0 Å². The summed E-state index contributed by atoms with van der Waals surface area (Å²) in [6.07, 6.45) is 3.23. The molecule has 0 unspecified atom stereocenters. The van der Waals surface area contributed by atoms with Crippen LogP contribution in [0.3, 0.4) is 0 Å². The Labute approximate surface area is 151 Å². The molecule has 7 heteroatoms. The van der Waals surface area contributed by atoms with Crippen molar-refractivity contribution in [2.24, 2.45) is 5.92 Å². The summed E-state index contributed by atoms with van der Waals surface area (Å²) < 4.78 is 9.95. The van der Waals surface area contributed by atoms with Crippen LogP contribution in [-0.4, -0.2) is 31.1 Å². The van der Waals surface area contributed by atoms with Gasteiger partial charge in [-0.1, -0.05) is 12.1 Å². The normalized spacial score (nSPS) is 13.0. The number of ether oxygens (including phenoxy) is 2.